The van der Waals surface area contributed by atoms with Gasteiger partial charge in [-0.2, -0.15) is 0 Å². The Bertz CT molecular complexity index is 602. The molecular weight excluding hydrogens is 263 g/mol. The second kappa shape index (κ2) is 4.81. The molecular formula is C14H17FN2OS. The van der Waals surface area contributed by atoms with E-state index in [-0.39, 0.29) is 11.2 Å². The smallest absolute Gasteiger partial charge is 0.165 e. The molecule has 0 spiro atoms. The molecule has 0 fully saturated rings. The fourth-order valence-corrected chi connectivity index (χ4v) is 2.58. The van der Waals surface area contributed by atoms with Crippen LogP contribution in [0.5, 0.6) is 5.75 Å². The number of benzene rings is 1. The first-order chi connectivity index (χ1) is 8.82. The van der Waals surface area contributed by atoms with Gasteiger partial charge in [0, 0.05) is 11.0 Å². The second-order valence-electron chi connectivity index (χ2n) is 5.33. The number of rotatable bonds is 2. The van der Waals surface area contributed by atoms with E-state index in [0.29, 0.717) is 16.3 Å². The first-order valence-corrected chi connectivity index (χ1v) is 6.75. The lowest BCUT2D eigenvalue weighted by Crippen LogP contribution is -2.10. The molecule has 0 radical (unpaired) electrons. The van der Waals surface area contributed by atoms with Crippen molar-refractivity contribution in [3.05, 3.63) is 29.0 Å². The Hall–Kier alpha value is -1.62. The maximum Gasteiger partial charge on any atom is 0.165 e. The molecule has 2 rings (SSSR count). The number of halogens is 1. The minimum absolute atomic E-state index is 0.0674. The highest BCUT2D eigenvalue weighted by Crippen LogP contribution is 2.37. The van der Waals surface area contributed by atoms with Crippen molar-refractivity contribution in [2.24, 2.45) is 0 Å². The molecule has 1 aromatic heterocycles. The van der Waals surface area contributed by atoms with Crippen molar-refractivity contribution >= 4 is 16.3 Å². The molecule has 1 heterocycles. The Morgan fingerprint density at radius 2 is 2.00 bits per heavy atom. The standard InChI is InChI=1S/C14H17FN2OS/c1-14(2,3)13-17-11(12(16)19-13)8-5-6-10(18-4)9(15)7-8/h5-7H,16H2,1-4H3. The third kappa shape index (κ3) is 2.71. The number of aromatic nitrogens is 1. The largest absolute Gasteiger partial charge is 0.494 e. The van der Waals surface area contributed by atoms with Gasteiger partial charge in [0.05, 0.1) is 7.11 Å². The van der Waals surface area contributed by atoms with Gasteiger partial charge in [0.25, 0.3) is 0 Å². The summed E-state index contributed by atoms with van der Waals surface area (Å²) in [6, 6.07) is 4.75. The van der Waals surface area contributed by atoms with E-state index in [1.54, 1.807) is 12.1 Å². The van der Waals surface area contributed by atoms with Gasteiger partial charge in [0.1, 0.15) is 15.7 Å². The molecule has 2 N–H and O–H groups in total. The van der Waals surface area contributed by atoms with Crippen molar-refractivity contribution in [1.29, 1.82) is 0 Å². The van der Waals surface area contributed by atoms with E-state index in [1.165, 1.54) is 24.5 Å². The Morgan fingerprint density at radius 1 is 1.32 bits per heavy atom. The molecule has 0 unspecified atom stereocenters. The van der Waals surface area contributed by atoms with E-state index in [1.807, 2.05) is 0 Å². The molecule has 5 heteroatoms. The van der Waals surface area contributed by atoms with Crippen molar-refractivity contribution < 1.29 is 9.13 Å². The minimum atomic E-state index is -0.412. The lowest BCUT2D eigenvalue weighted by molar-refractivity contribution is 0.386. The molecule has 0 atom stereocenters. The van der Waals surface area contributed by atoms with Crippen molar-refractivity contribution in [2.45, 2.75) is 26.2 Å². The SMILES string of the molecule is COc1ccc(-c2nc(C(C)(C)C)sc2N)cc1F. The van der Waals surface area contributed by atoms with Crippen LogP contribution in [0.15, 0.2) is 18.2 Å². The number of thiazole rings is 1. The van der Waals surface area contributed by atoms with Gasteiger partial charge in [-0.25, -0.2) is 9.37 Å². The molecule has 1 aromatic carbocycles. The van der Waals surface area contributed by atoms with Crippen LogP contribution in [0.4, 0.5) is 9.39 Å². The fourth-order valence-electron chi connectivity index (χ4n) is 1.67. The van der Waals surface area contributed by atoms with Crippen LogP contribution in [-0.4, -0.2) is 12.1 Å². The van der Waals surface area contributed by atoms with Crippen molar-refractivity contribution in [3.63, 3.8) is 0 Å². The highest BCUT2D eigenvalue weighted by atomic mass is 32.1. The van der Waals surface area contributed by atoms with E-state index in [2.05, 4.69) is 25.8 Å². The predicted molar refractivity (Wildman–Crippen MR) is 77.2 cm³/mol. The number of nitrogen functional groups attached to an aromatic ring is 1. The van der Waals surface area contributed by atoms with E-state index < -0.39 is 5.82 Å². The van der Waals surface area contributed by atoms with Crippen LogP contribution in [0.25, 0.3) is 11.3 Å². The number of hydrogen-bond acceptors (Lipinski definition) is 4. The maximum atomic E-state index is 13.7. The van der Waals surface area contributed by atoms with Crippen LogP contribution >= 0.6 is 11.3 Å². The Labute approximate surface area is 116 Å². The minimum Gasteiger partial charge on any atom is -0.494 e. The van der Waals surface area contributed by atoms with E-state index >= 15 is 0 Å². The zero-order chi connectivity index (χ0) is 14.2. The van der Waals surface area contributed by atoms with Crippen LogP contribution in [0.2, 0.25) is 0 Å². The molecule has 0 bridgehead atoms. The number of nitrogens with two attached hydrogens (primary N) is 1. The van der Waals surface area contributed by atoms with Gasteiger partial charge in [-0.15, -0.1) is 11.3 Å². The molecule has 0 amide bonds. The number of ether oxygens (including phenoxy) is 1. The number of anilines is 1. The van der Waals surface area contributed by atoms with Gasteiger partial charge < -0.3 is 10.5 Å². The topological polar surface area (TPSA) is 48.1 Å². The van der Waals surface area contributed by atoms with Crippen molar-refractivity contribution in [1.82, 2.24) is 4.98 Å². The molecule has 19 heavy (non-hydrogen) atoms. The zero-order valence-corrected chi connectivity index (χ0v) is 12.3. The summed E-state index contributed by atoms with van der Waals surface area (Å²) in [7, 11) is 1.44. The van der Waals surface area contributed by atoms with Crippen LogP contribution in [0, 0.1) is 5.82 Å². The molecule has 2 aromatic rings. The molecule has 0 aliphatic rings. The van der Waals surface area contributed by atoms with E-state index in [4.69, 9.17) is 10.5 Å². The average molecular weight is 280 g/mol. The Kier molecular flexibility index (Phi) is 3.49. The first-order valence-electron chi connectivity index (χ1n) is 5.93. The summed E-state index contributed by atoms with van der Waals surface area (Å²) in [6.45, 7) is 6.22. The van der Waals surface area contributed by atoms with Gasteiger partial charge >= 0.3 is 0 Å². The number of nitrogens with zero attached hydrogens (tertiary/aromatic N) is 1. The van der Waals surface area contributed by atoms with Crippen molar-refractivity contribution in [2.75, 3.05) is 12.8 Å². The quantitative estimate of drug-likeness (QED) is 0.909. The van der Waals surface area contributed by atoms with E-state index in [0.717, 1.165) is 5.01 Å². The average Bonchev–Trinajstić information content (AvgIpc) is 2.71. The van der Waals surface area contributed by atoms with Gasteiger partial charge in [0.2, 0.25) is 0 Å². The van der Waals surface area contributed by atoms with Gasteiger partial charge in [-0.1, -0.05) is 20.8 Å². The fraction of sp³-hybridized carbons (Fsp3) is 0.357. The summed E-state index contributed by atoms with van der Waals surface area (Å²) in [6.07, 6.45) is 0. The summed E-state index contributed by atoms with van der Waals surface area (Å²) >= 11 is 1.44. The monoisotopic (exact) mass is 280 g/mol. The zero-order valence-electron chi connectivity index (χ0n) is 11.5. The van der Waals surface area contributed by atoms with Crippen molar-refractivity contribution in [3.8, 4) is 17.0 Å². The third-order valence-electron chi connectivity index (χ3n) is 2.72. The molecule has 0 saturated heterocycles. The van der Waals surface area contributed by atoms with Gasteiger partial charge in [0.15, 0.2) is 11.6 Å². The van der Waals surface area contributed by atoms with Crippen LogP contribution in [-0.2, 0) is 5.41 Å². The Morgan fingerprint density at radius 3 is 2.47 bits per heavy atom. The first kappa shape index (κ1) is 13.8. The number of hydrogen-bond donors (Lipinski definition) is 1. The predicted octanol–water partition coefficient (Wildman–Crippen LogP) is 3.84. The Balaban J connectivity index is 2.48. The van der Waals surface area contributed by atoms with Gasteiger partial charge in [-0.05, 0) is 18.2 Å². The third-order valence-corrected chi connectivity index (χ3v) is 4.03. The van der Waals surface area contributed by atoms with Gasteiger partial charge in [-0.3, -0.25) is 0 Å². The van der Waals surface area contributed by atoms with Crippen LogP contribution in [0.3, 0.4) is 0 Å². The molecule has 0 aliphatic carbocycles. The molecule has 3 nitrogen and oxygen atoms in total. The summed E-state index contributed by atoms with van der Waals surface area (Å²) in [4.78, 5) is 4.53. The molecule has 0 aliphatic heterocycles. The number of methoxy groups -OCH3 is 1. The summed E-state index contributed by atoms with van der Waals surface area (Å²) in [5, 5.41) is 1.55. The summed E-state index contributed by atoms with van der Waals surface area (Å²) < 4.78 is 18.6. The second-order valence-corrected chi connectivity index (χ2v) is 6.36. The highest BCUT2D eigenvalue weighted by Gasteiger charge is 2.21. The summed E-state index contributed by atoms with van der Waals surface area (Å²) in [5.41, 5.74) is 7.23. The molecule has 102 valence electrons. The van der Waals surface area contributed by atoms with Crippen LogP contribution < -0.4 is 10.5 Å². The molecule has 0 saturated carbocycles. The lowest BCUT2D eigenvalue weighted by Gasteiger charge is -2.13. The lowest BCUT2D eigenvalue weighted by atomic mass is 9.98. The normalized spacial score (nSPS) is 11.6. The maximum absolute atomic E-state index is 13.7. The van der Waals surface area contributed by atoms with E-state index in [9.17, 15) is 4.39 Å². The summed E-state index contributed by atoms with van der Waals surface area (Å²) in [5.74, 6) is -0.196. The van der Waals surface area contributed by atoms with Crippen LogP contribution in [0.1, 0.15) is 25.8 Å². The highest BCUT2D eigenvalue weighted by molar-refractivity contribution is 7.16.